The van der Waals surface area contributed by atoms with Crippen molar-refractivity contribution in [3.63, 3.8) is 0 Å². The first-order valence-electron chi connectivity index (χ1n) is 9.64. The van der Waals surface area contributed by atoms with Crippen LogP contribution in [0.15, 0.2) is 36.5 Å². The summed E-state index contributed by atoms with van der Waals surface area (Å²) in [6.07, 6.45) is 4.17. The van der Waals surface area contributed by atoms with Crippen LogP contribution in [-0.4, -0.2) is 61.3 Å². The number of para-hydroxylation sites is 2. The summed E-state index contributed by atoms with van der Waals surface area (Å²) in [6.45, 7) is 4.38. The van der Waals surface area contributed by atoms with E-state index in [1.165, 1.54) is 12.8 Å². The summed E-state index contributed by atoms with van der Waals surface area (Å²) in [5.74, 6) is 0.545. The highest BCUT2D eigenvalue weighted by molar-refractivity contribution is 6.07. The molecule has 1 amide bonds. The smallest absolute Gasteiger partial charge is 0.277 e. The van der Waals surface area contributed by atoms with Crippen LogP contribution in [0.5, 0.6) is 0 Å². The molecule has 3 aliphatic rings. The van der Waals surface area contributed by atoms with Crippen molar-refractivity contribution in [2.45, 2.75) is 18.9 Å². The maximum Gasteiger partial charge on any atom is 0.277 e. The summed E-state index contributed by atoms with van der Waals surface area (Å²) in [5.41, 5.74) is 2.58. The van der Waals surface area contributed by atoms with Gasteiger partial charge in [-0.25, -0.2) is 9.97 Å². The minimum Gasteiger partial charge on any atom is -0.378 e. The molecule has 5 rings (SSSR count). The van der Waals surface area contributed by atoms with Gasteiger partial charge in [-0.15, -0.1) is 0 Å². The van der Waals surface area contributed by atoms with Crippen molar-refractivity contribution in [1.82, 2.24) is 9.97 Å². The van der Waals surface area contributed by atoms with Gasteiger partial charge in [-0.3, -0.25) is 4.79 Å². The van der Waals surface area contributed by atoms with Gasteiger partial charge in [-0.1, -0.05) is 12.1 Å². The number of aromatic nitrogens is 2. The van der Waals surface area contributed by atoms with Gasteiger partial charge >= 0.3 is 0 Å². The van der Waals surface area contributed by atoms with Gasteiger partial charge in [0.15, 0.2) is 0 Å². The lowest BCUT2D eigenvalue weighted by molar-refractivity contribution is 0.0981. The van der Waals surface area contributed by atoms with E-state index in [0.29, 0.717) is 37.4 Å². The molecule has 27 heavy (non-hydrogen) atoms. The molecular formula is C20H23N5O2. The molecular weight excluding hydrogens is 342 g/mol. The number of anilines is 3. The SMILES string of the molecule is O=C(c1ccnc(N2CCOCC2)n1)N1CCN(C2CC2)c2ccccc21. The summed E-state index contributed by atoms with van der Waals surface area (Å²) in [7, 11) is 0. The van der Waals surface area contributed by atoms with Crippen LogP contribution in [0.4, 0.5) is 17.3 Å². The summed E-state index contributed by atoms with van der Waals surface area (Å²) in [6, 6.07) is 10.5. The maximum atomic E-state index is 13.3. The van der Waals surface area contributed by atoms with Gasteiger partial charge in [0.1, 0.15) is 5.69 Å². The Kier molecular flexibility index (Phi) is 4.16. The van der Waals surface area contributed by atoms with Crippen LogP contribution in [0.2, 0.25) is 0 Å². The molecule has 2 aromatic rings. The zero-order valence-electron chi connectivity index (χ0n) is 15.3. The van der Waals surface area contributed by atoms with Crippen LogP contribution in [-0.2, 0) is 4.74 Å². The van der Waals surface area contributed by atoms with Crippen LogP contribution in [0.1, 0.15) is 23.3 Å². The molecule has 0 atom stereocenters. The fourth-order valence-electron chi connectivity index (χ4n) is 3.88. The molecule has 140 valence electrons. The van der Waals surface area contributed by atoms with Crippen LogP contribution < -0.4 is 14.7 Å². The highest BCUT2D eigenvalue weighted by atomic mass is 16.5. The third kappa shape index (κ3) is 3.12. The van der Waals surface area contributed by atoms with E-state index >= 15 is 0 Å². The summed E-state index contributed by atoms with van der Waals surface area (Å²) < 4.78 is 5.39. The molecule has 7 nitrogen and oxygen atoms in total. The topological polar surface area (TPSA) is 61.8 Å². The first kappa shape index (κ1) is 16.5. The van der Waals surface area contributed by atoms with Crippen LogP contribution in [0.25, 0.3) is 0 Å². The normalized spacial score (nSPS) is 19.8. The van der Waals surface area contributed by atoms with Crippen molar-refractivity contribution >= 4 is 23.2 Å². The number of morpholine rings is 1. The molecule has 2 aliphatic heterocycles. The molecule has 2 fully saturated rings. The minimum absolute atomic E-state index is 0.0604. The predicted octanol–water partition coefficient (Wildman–Crippen LogP) is 1.94. The quantitative estimate of drug-likeness (QED) is 0.828. The Labute approximate surface area is 158 Å². The van der Waals surface area contributed by atoms with E-state index in [2.05, 4.69) is 25.8 Å². The lowest BCUT2D eigenvalue weighted by Gasteiger charge is -2.38. The van der Waals surface area contributed by atoms with Crippen LogP contribution in [0.3, 0.4) is 0 Å². The Morgan fingerprint density at radius 1 is 1.00 bits per heavy atom. The number of amides is 1. The zero-order chi connectivity index (χ0) is 18.2. The Hall–Kier alpha value is -2.67. The number of carbonyl (C=O) groups is 1. The highest BCUT2D eigenvalue weighted by Gasteiger charge is 2.35. The number of hydrogen-bond donors (Lipinski definition) is 0. The molecule has 0 N–H and O–H groups in total. The molecule has 3 heterocycles. The second kappa shape index (κ2) is 6.81. The molecule has 1 saturated heterocycles. The fraction of sp³-hybridized carbons (Fsp3) is 0.450. The van der Waals surface area contributed by atoms with E-state index in [9.17, 15) is 4.79 Å². The molecule has 1 aromatic carbocycles. The Bertz CT molecular complexity index is 848. The second-order valence-electron chi connectivity index (χ2n) is 7.21. The number of carbonyl (C=O) groups excluding carboxylic acids is 1. The van der Waals surface area contributed by atoms with E-state index in [4.69, 9.17) is 4.74 Å². The van der Waals surface area contributed by atoms with Gasteiger partial charge in [0.2, 0.25) is 5.95 Å². The van der Waals surface area contributed by atoms with Crippen LogP contribution in [0, 0.1) is 0 Å². The Balaban J connectivity index is 1.43. The number of ether oxygens (including phenoxy) is 1. The lowest BCUT2D eigenvalue weighted by atomic mass is 10.1. The van der Waals surface area contributed by atoms with E-state index in [1.807, 2.05) is 23.1 Å². The Morgan fingerprint density at radius 2 is 1.78 bits per heavy atom. The van der Waals surface area contributed by atoms with Gasteiger partial charge < -0.3 is 19.4 Å². The van der Waals surface area contributed by atoms with Crippen molar-refractivity contribution in [3.8, 4) is 0 Å². The first-order valence-corrected chi connectivity index (χ1v) is 9.64. The summed E-state index contributed by atoms with van der Waals surface area (Å²) in [5, 5.41) is 0. The Morgan fingerprint density at radius 3 is 2.56 bits per heavy atom. The number of hydrogen-bond acceptors (Lipinski definition) is 6. The average molecular weight is 365 g/mol. The number of fused-ring (bicyclic) bond motifs is 1. The first-order chi connectivity index (χ1) is 13.3. The second-order valence-corrected chi connectivity index (χ2v) is 7.21. The van der Waals surface area contributed by atoms with Gasteiger partial charge in [0.25, 0.3) is 5.91 Å². The maximum absolute atomic E-state index is 13.3. The molecule has 0 radical (unpaired) electrons. The van der Waals surface area contributed by atoms with Gasteiger partial charge in [-0.2, -0.15) is 0 Å². The van der Waals surface area contributed by atoms with E-state index in [1.54, 1.807) is 12.3 Å². The highest BCUT2D eigenvalue weighted by Crippen LogP contribution is 2.40. The minimum atomic E-state index is -0.0604. The van der Waals surface area contributed by atoms with Crippen molar-refractivity contribution in [2.24, 2.45) is 0 Å². The van der Waals surface area contributed by atoms with Crippen LogP contribution >= 0.6 is 0 Å². The van der Waals surface area contributed by atoms with Gasteiger partial charge in [0, 0.05) is 38.4 Å². The molecule has 0 bridgehead atoms. The molecule has 0 unspecified atom stereocenters. The van der Waals surface area contributed by atoms with E-state index < -0.39 is 0 Å². The molecule has 1 saturated carbocycles. The predicted molar refractivity (Wildman–Crippen MR) is 104 cm³/mol. The van der Waals surface area contributed by atoms with E-state index in [-0.39, 0.29) is 5.91 Å². The molecule has 1 aromatic heterocycles. The number of benzene rings is 1. The lowest BCUT2D eigenvalue weighted by Crippen LogP contribution is -2.45. The van der Waals surface area contributed by atoms with Gasteiger partial charge in [-0.05, 0) is 31.0 Å². The third-order valence-electron chi connectivity index (χ3n) is 5.44. The molecule has 0 spiro atoms. The van der Waals surface area contributed by atoms with Crippen molar-refractivity contribution in [3.05, 3.63) is 42.2 Å². The molecule has 7 heteroatoms. The monoisotopic (exact) mass is 365 g/mol. The van der Waals surface area contributed by atoms with E-state index in [0.717, 1.165) is 31.0 Å². The van der Waals surface area contributed by atoms with Crippen molar-refractivity contribution in [2.75, 3.05) is 54.1 Å². The molecule has 1 aliphatic carbocycles. The van der Waals surface area contributed by atoms with Gasteiger partial charge in [0.05, 0.1) is 24.6 Å². The number of rotatable bonds is 3. The zero-order valence-corrected chi connectivity index (χ0v) is 15.3. The fourth-order valence-corrected chi connectivity index (χ4v) is 3.88. The number of nitrogens with zero attached hydrogens (tertiary/aromatic N) is 5. The largest absolute Gasteiger partial charge is 0.378 e. The third-order valence-corrected chi connectivity index (χ3v) is 5.44. The van der Waals surface area contributed by atoms with Crippen molar-refractivity contribution in [1.29, 1.82) is 0 Å². The summed E-state index contributed by atoms with van der Waals surface area (Å²) >= 11 is 0. The standard InChI is InChI=1S/C20H23N5O2/c26-19(16-7-8-21-20(22-16)23-11-13-27-14-12-23)25-10-9-24(15-5-6-15)17-3-1-2-4-18(17)25/h1-4,7-8,15H,5-6,9-14H2. The summed E-state index contributed by atoms with van der Waals surface area (Å²) in [4.78, 5) is 28.6. The van der Waals surface area contributed by atoms with Crippen molar-refractivity contribution < 1.29 is 9.53 Å². The average Bonchev–Trinajstić information content (AvgIpc) is 3.58.